The van der Waals surface area contributed by atoms with E-state index in [-0.39, 0.29) is 11.2 Å². The highest BCUT2D eigenvalue weighted by atomic mass is 19.1. The molecule has 1 aromatic carbocycles. The normalized spacial score (nSPS) is 10.9. The standard InChI is InChI=1S/C13H17FN2/c1-13(2,10-15)8-9-16(3)12-7-5-4-6-11(12)14/h4-7H,8-9H2,1-3H3. The van der Waals surface area contributed by atoms with Gasteiger partial charge in [-0.25, -0.2) is 4.39 Å². The van der Waals surface area contributed by atoms with Crippen molar-refractivity contribution in [3.63, 3.8) is 0 Å². The molecule has 0 saturated carbocycles. The lowest BCUT2D eigenvalue weighted by Crippen LogP contribution is -2.24. The molecule has 0 radical (unpaired) electrons. The van der Waals surface area contributed by atoms with Crippen molar-refractivity contribution in [3.05, 3.63) is 30.1 Å². The Morgan fingerprint density at radius 1 is 1.38 bits per heavy atom. The van der Waals surface area contributed by atoms with E-state index in [2.05, 4.69) is 6.07 Å². The van der Waals surface area contributed by atoms with E-state index in [1.54, 1.807) is 12.1 Å². The SMILES string of the molecule is CN(CCC(C)(C)C#N)c1ccccc1F. The second kappa shape index (κ2) is 4.98. The summed E-state index contributed by atoms with van der Waals surface area (Å²) >= 11 is 0. The molecule has 1 aromatic rings. The van der Waals surface area contributed by atoms with Crippen molar-refractivity contribution in [2.75, 3.05) is 18.5 Å². The fourth-order valence-corrected chi connectivity index (χ4v) is 1.38. The number of hydrogen-bond donors (Lipinski definition) is 0. The lowest BCUT2D eigenvalue weighted by atomic mass is 9.91. The van der Waals surface area contributed by atoms with Crippen LogP contribution in [0.25, 0.3) is 0 Å². The van der Waals surface area contributed by atoms with Crippen molar-refractivity contribution in [1.29, 1.82) is 5.26 Å². The van der Waals surface area contributed by atoms with Crippen molar-refractivity contribution in [1.82, 2.24) is 0 Å². The third kappa shape index (κ3) is 3.23. The second-order valence-corrected chi connectivity index (χ2v) is 4.62. The molecule has 0 saturated heterocycles. The van der Waals surface area contributed by atoms with Crippen LogP contribution in [0.5, 0.6) is 0 Å². The molecular formula is C13H17FN2. The van der Waals surface area contributed by atoms with E-state index in [0.717, 1.165) is 0 Å². The summed E-state index contributed by atoms with van der Waals surface area (Å²) in [6.45, 7) is 4.45. The third-order valence-electron chi connectivity index (χ3n) is 2.64. The largest absolute Gasteiger partial charge is 0.372 e. The van der Waals surface area contributed by atoms with E-state index in [0.29, 0.717) is 18.7 Å². The molecule has 0 aliphatic heterocycles. The number of halogens is 1. The van der Waals surface area contributed by atoms with E-state index in [1.165, 1.54) is 6.07 Å². The highest BCUT2D eigenvalue weighted by molar-refractivity contribution is 5.46. The van der Waals surface area contributed by atoms with E-state index >= 15 is 0 Å². The first kappa shape index (κ1) is 12.5. The Morgan fingerprint density at radius 3 is 2.56 bits per heavy atom. The van der Waals surface area contributed by atoms with Gasteiger partial charge in [0.05, 0.1) is 17.2 Å². The van der Waals surface area contributed by atoms with Crippen LogP contribution in [0.4, 0.5) is 10.1 Å². The number of hydrogen-bond acceptors (Lipinski definition) is 2. The van der Waals surface area contributed by atoms with E-state index < -0.39 is 0 Å². The van der Waals surface area contributed by atoms with Gasteiger partial charge in [-0.3, -0.25) is 0 Å². The van der Waals surface area contributed by atoms with Crippen LogP contribution in [-0.4, -0.2) is 13.6 Å². The van der Waals surface area contributed by atoms with E-state index in [9.17, 15) is 4.39 Å². The smallest absolute Gasteiger partial charge is 0.146 e. The van der Waals surface area contributed by atoms with Gasteiger partial charge in [0.15, 0.2) is 0 Å². The average Bonchev–Trinajstić information content (AvgIpc) is 2.27. The van der Waals surface area contributed by atoms with Gasteiger partial charge in [0.25, 0.3) is 0 Å². The van der Waals surface area contributed by atoms with Crippen LogP contribution in [-0.2, 0) is 0 Å². The molecular weight excluding hydrogens is 203 g/mol. The molecule has 0 aliphatic carbocycles. The maximum Gasteiger partial charge on any atom is 0.146 e. The number of rotatable bonds is 4. The van der Waals surface area contributed by atoms with E-state index in [1.807, 2.05) is 31.9 Å². The lowest BCUT2D eigenvalue weighted by molar-refractivity contribution is 0.453. The molecule has 0 aromatic heterocycles. The minimum Gasteiger partial charge on any atom is -0.372 e. The zero-order valence-electron chi connectivity index (χ0n) is 10.00. The Hall–Kier alpha value is -1.56. The minimum atomic E-state index is -0.362. The van der Waals surface area contributed by atoms with Gasteiger partial charge < -0.3 is 4.90 Å². The molecule has 0 heterocycles. The van der Waals surface area contributed by atoms with Crippen molar-refractivity contribution in [3.8, 4) is 6.07 Å². The second-order valence-electron chi connectivity index (χ2n) is 4.62. The van der Waals surface area contributed by atoms with Crippen LogP contribution in [0.15, 0.2) is 24.3 Å². The van der Waals surface area contributed by atoms with Gasteiger partial charge in [0.1, 0.15) is 5.82 Å². The molecule has 0 atom stereocenters. The van der Waals surface area contributed by atoms with Gasteiger partial charge in [-0.15, -0.1) is 0 Å². The van der Waals surface area contributed by atoms with Gasteiger partial charge in [-0.1, -0.05) is 12.1 Å². The molecule has 16 heavy (non-hydrogen) atoms. The van der Waals surface area contributed by atoms with Crippen molar-refractivity contribution >= 4 is 5.69 Å². The molecule has 0 amide bonds. The summed E-state index contributed by atoms with van der Waals surface area (Å²) < 4.78 is 13.4. The lowest BCUT2D eigenvalue weighted by Gasteiger charge is -2.23. The maximum absolute atomic E-state index is 13.4. The molecule has 0 fully saturated rings. The molecule has 2 nitrogen and oxygen atoms in total. The molecule has 86 valence electrons. The Morgan fingerprint density at radius 2 is 2.00 bits per heavy atom. The fourth-order valence-electron chi connectivity index (χ4n) is 1.38. The molecule has 3 heteroatoms. The molecule has 0 spiro atoms. The summed E-state index contributed by atoms with van der Waals surface area (Å²) in [6.07, 6.45) is 0.717. The number of para-hydroxylation sites is 1. The molecule has 0 unspecified atom stereocenters. The molecule has 0 aliphatic rings. The minimum absolute atomic E-state index is 0.222. The van der Waals surface area contributed by atoms with Crippen molar-refractivity contribution in [2.24, 2.45) is 5.41 Å². The average molecular weight is 220 g/mol. The van der Waals surface area contributed by atoms with Gasteiger partial charge >= 0.3 is 0 Å². The number of nitriles is 1. The summed E-state index contributed by atoms with van der Waals surface area (Å²) in [5.41, 5.74) is 0.218. The predicted molar refractivity (Wildman–Crippen MR) is 63.7 cm³/mol. The summed E-state index contributed by atoms with van der Waals surface area (Å²) in [7, 11) is 1.84. The zero-order chi connectivity index (χ0) is 12.2. The third-order valence-corrected chi connectivity index (χ3v) is 2.64. The highest BCUT2D eigenvalue weighted by Crippen LogP contribution is 2.22. The van der Waals surface area contributed by atoms with Gasteiger partial charge in [-0.2, -0.15) is 5.26 Å². The predicted octanol–water partition coefficient (Wildman–Crippen LogP) is 3.20. The topological polar surface area (TPSA) is 27.0 Å². The van der Waals surface area contributed by atoms with Crippen LogP contribution in [0.1, 0.15) is 20.3 Å². The Labute approximate surface area is 96.3 Å². The van der Waals surface area contributed by atoms with Gasteiger partial charge in [-0.05, 0) is 32.4 Å². The van der Waals surface area contributed by atoms with Crippen LogP contribution in [0.3, 0.4) is 0 Å². The van der Waals surface area contributed by atoms with E-state index in [4.69, 9.17) is 5.26 Å². The molecule has 0 N–H and O–H groups in total. The first-order valence-electron chi connectivity index (χ1n) is 5.33. The van der Waals surface area contributed by atoms with Crippen molar-refractivity contribution < 1.29 is 4.39 Å². The van der Waals surface area contributed by atoms with Crippen molar-refractivity contribution in [2.45, 2.75) is 20.3 Å². The van der Waals surface area contributed by atoms with Gasteiger partial charge in [0, 0.05) is 13.6 Å². The number of nitrogens with zero attached hydrogens (tertiary/aromatic N) is 2. The summed E-state index contributed by atoms with van der Waals surface area (Å²) in [6, 6.07) is 8.92. The Kier molecular flexibility index (Phi) is 3.89. The summed E-state index contributed by atoms with van der Waals surface area (Å²) in [4.78, 5) is 1.84. The quantitative estimate of drug-likeness (QED) is 0.779. The fraction of sp³-hybridized carbons (Fsp3) is 0.462. The summed E-state index contributed by atoms with van der Waals surface area (Å²) in [5, 5.41) is 8.89. The zero-order valence-corrected chi connectivity index (χ0v) is 10.00. The van der Waals surface area contributed by atoms with Gasteiger partial charge in [0.2, 0.25) is 0 Å². The monoisotopic (exact) mass is 220 g/mol. The van der Waals surface area contributed by atoms with Crippen LogP contribution in [0.2, 0.25) is 0 Å². The first-order valence-corrected chi connectivity index (χ1v) is 5.33. The number of anilines is 1. The highest BCUT2D eigenvalue weighted by Gasteiger charge is 2.17. The molecule has 1 rings (SSSR count). The maximum atomic E-state index is 13.4. The Balaban J connectivity index is 2.64. The van der Waals surface area contributed by atoms with Crippen LogP contribution < -0.4 is 4.90 Å². The summed E-state index contributed by atoms with van der Waals surface area (Å²) in [5.74, 6) is -0.222. The van der Waals surface area contributed by atoms with Crippen LogP contribution >= 0.6 is 0 Å². The molecule has 0 bridgehead atoms. The first-order chi connectivity index (χ1) is 7.46. The van der Waals surface area contributed by atoms with Crippen LogP contribution in [0, 0.1) is 22.6 Å². The Bertz CT molecular complexity index is 393. The number of benzene rings is 1.